The van der Waals surface area contributed by atoms with E-state index in [2.05, 4.69) is 21.3 Å². The molecule has 0 saturated heterocycles. The summed E-state index contributed by atoms with van der Waals surface area (Å²) in [5, 5.41) is 63.1. The quantitative estimate of drug-likeness (QED) is 0.0595. The second-order valence-electron chi connectivity index (χ2n) is 14.6. The van der Waals surface area contributed by atoms with E-state index in [0.29, 0.717) is 0 Å². The van der Waals surface area contributed by atoms with Crippen molar-refractivity contribution in [3.8, 4) is 16.9 Å². The maximum absolute atomic E-state index is 14.1. The summed E-state index contributed by atoms with van der Waals surface area (Å²) in [5.74, 6) is -8.11. The van der Waals surface area contributed by atoms with Gasteiger partial charge in [-0.1, -0.05) is 62.4 Å². The van der Waals surface area contributed by atoms with Gasteiger partial charge in [-0.2, -0.15) is 0 Å². The van der Waals surface area contributed by atoms with Crippen molar-refractivity contribution in [1.82, 2.24) is 21.3 Å². The molecule has 0 aromatic heterocycles. The molecule has 5 amide bonds. The summed E-state index contributed by atoms with van der Waals surface area (Å²) < 4.78 is 0. The van der Waals surface area contributed by atoms with Crippen molar-refractivity contribution in [3.63, 3.8) is 0 Å². The Morgan fingerprint density at radius 2 is 1.27 bits per heavy atom. The predicted octanol–water partition coefficient (Wildman–Crippen LogP) is 1.67. The number of aliphatic hydroxyl groups excluding tert-OH is 1. The molecule has 314 valence electrons. The Labute approximate surface area is 336 Å². The molecule has 3 aromatic carbocycles. The zero-order valence-corrected chi connectivity index (χ0v) is 32.2. The molecule has 0 fully saturated rings. The van der Waals surface area contributed by atoms with E-state index in [1.54, 1.807) is 26.0 Å². The van der Waals surface area contributed by atoms with Crippen LogP contribution in [-0.2, 0) is 35.2 Å². The van der Waals surface area contributed by atoms with Gasteiger partial charge in [0.05, 0.1) is 16.0 Å². The van der Waals surface area contributed by atoms with Crippen LogP contribution in [0.4, 0.5) is 11.4 Å². The number of nitrogens with two attached hydrogens (primary N) is 1. The monoisotopic (exact) mass is 819 g/mol. The van der Waals surface area contributed by atoms with Crippen molar-refractivity contribution in [3.05, 3.63) is 97.6 Å². The highest BCUT2D eigenvalue weighted by molar-refractivity contribution is 5.96. The van der Waals surface area contributed by atoms with Crippen LogP contribution < -0.4 is 27.0 Å². The number of phenolic OH excluding ortho intramolecular Hbond substituents is 1. The van der Waals surface area contributed by atoms with Crippen molar-refractivity contribution < 1.29 is 53.9 Å². The lowest BCUT2D eigenvalue weighted by atomic mass is 9.93. The van der Waals surface area contributed by atoms with Gasteiger partial charge in [0.1, 0.15) is 24.2 Å². The lowest BCUT2D eigenvalue weighted by Crippen LogP contribution is -2.60. The number of nitro groups is 2. The topological polar surface area (TPSA) is 324 Å². The number of aliphatic hydroxyl groups is 1. The third kappa shape index (κ3) is 11.3. The van der Waals surface area contributed by atoms with Crippen molar-refractivity contribution in [2.45, 2.75) is 89.1 Å². The van der Waals surface area contributed by atoms with Crippen LogP contribution >= 0.6 is 0 Å². The molecule has 0 heterocycles. The number of carbonyl (C=O) groups is 6. The molecule has 0 radical (unpaired) electrons. The number of hydrogen-bond acceptors (Lipinski definition) is 12. The zero-order valence-electron chi connectivity index (χ0n) is 32.2. The predicted molar refractivity (Wildman–Crippen MR) is 208 cm³/mol. The summed E-state index contributed by atoms with van der Waals surface area (Å²) >= 11 is 0. The van der Waals surface area contributed by atoms with Gasteiger partial charge in [0.15, 0.2) is 0 Å². The second-order valence-corrected chi connectivity index (χ2v) is 14.6. The number of primary amides is 1. The molecular weight excluding hydrogens is 774 g/mol. The maximum atomic E-state index is 14.1. The number of phenols is 1. The van der Waals surface area contributed by atoms with Crippen molar-refractivity contribution in [2.24, 2.45) is 11.7 Å². The van der Waals surface area contributed by atoms with E-state index in [1.165, 1.54) is 0 Å². The minimum atomic E-state index is -1.74. The van der Waals surface area contributed by atoms with Crippen LogP contribution in [0.15, 0.2) is 60.7 Å². The van der Waals surface area contributed by atoms with Crippen LogP contribution in [0.25, 0.3) is 11.1 Å². The average molecular weight is 820 g/mol. The lowest BCUT2D eigenvalue weighted by Gasteiger charge is -2.27. The number of nitrogens with one attached hydrogen (secondary N) is 4. The minimum Gasteiger partial charge on any atom is -0.497 e. The van der Waals surface area contributed by atoms with Gasteiger partial charge in [0.25, 0.3) is 5.75 Å². The van der Waals surface area contributed by atoms with Gasteiger partial charge in [-0.15, -0.1) is 0 Å². The highest BCUT2D eigenvalue weighted by atomic mass is 16.6. The first kappa shape index (κ1) is 44.8. The summed E-state index contributed by atoms with van der Waals surface area (Å²) in [6.07, 6.45) is -3.61. The van der Waals surface area contributed by atoms with E-state index in [-0.39, 0.29) is 24.3 Å². The van der Waals surface area contributed by atoms with E-state index in [0.717, 1.165) is 41.3 Å². The van der Waals surface area contributed by atoms with Crippen molar-refractivity contribution in [1.29, 1.82) is 0 Å². The molecule has 0 unspecified atom stereocenters. The molecule has 0 spiro atoms. The van der Waals surface area contributed by atoms with Crippen LogP contribution in [-0.4, -0.2) is 90.9 Å². The van der Waals surface area contributed by atoms with Crippen LogP contribution in [0.3, 0.4) is 0 Å². The average Bonchev–Trinajstić information content (AvgIpc) is 3.47. The SMILES string of the molecule is CC(C)C[C@H](NC(=O)[C@@H](NC(=O)[C@H](CCC(=O)O)NC(=O)[C@H](Cc1cc([N+](=O)[O-])c(O)c([N+](=O)[O-])c1)NC(=O)CC1c2ccccc2-c2ccccc21)[C@@H](C)O)C(N)=O. The standard InChI is InChI=1S/C39H45N7O13/c1-19(2)14-28(36(40)52)43-39(55)34(20(3)47)44-37(53)27(12-13-33(49)50)42-38(54)29(15-21-16-30(45(56)57)35(51)31(17-21)46(58)59)41-32(48)18-26-24-10-6-4-8-22(24)23-9-5-7-11-25(23)26/h4-11,16-17,19-20,26-29,34,47,51H,12-15,18H2,1-3H3,(H2,40,52)(H,41,48)(H,42,54)(H,43,55)(H,44,53)(H,49,50)/t20-,27+,28+,29+,34+/m1/s1. The largest absolute Gasteiger partial charge is 0.497 e. The van der Waals surface area contributed by atoms with E-state index in [1.807, 2.05) is 36.4 Å². The lowest BCUT2D eigenvalue weighted by molar-refractivity contribution is -0.396. The molecule has 3 aromatic rings. The molecule has 4 rings (SSSR count). The summed E-state index contributed by atoms with van der Waals surface area (Å²) in [6.45, 7) is 4.68. The molecule has 20 nitrogen and oxygen atoms in total. The zero-order chi connectivity index (χ0) is 43.7. The summed E-state index contributed by atoms with van der Waals surface area (Å²) in [5.41, 5.74) is 6.47. The molecule has 0 bridgehead atoms. The Balaban J connectivity index is 1.67. The first-order valence-corrected chi connectivity index (χ1v) is 18.5. The maximum Gasteiger partial charge on any atom is 0.318 e. The number of fused-ring (bicyclic) bond motifs is 3. The Kier molecular flexibility index (Phi) is 14.8. The molecule has 59 heavy (non-hydrogen) atoms. The number of rotatable bonds is 20. The third-order valence-corrected chi connectivity index (χ3v) is 9.68. The van der Waals surface area contributed by atoms with E-state index >= 15 is 0 Å². The summed E-state index contributed by atoms with van der Waals surface area (Å²) in [4.78, 5) is 99.7. The number of benzene rings is 3. The summed E-state index contributed by atoms with van der Waals surface area (Å²) in [7, 11) is 0. The van der Waals surface area contributed by atoms with Gasteiger partial charge in [-0.25, -0.2) is 0 Å². The van der Waals surface area contributed by atoms with Gasteiger partial charge in [0, 0.05) is 37.3 Å². The number of aromatic hydroxyl groups is 1. The first-order chi connectivity index (χ1) is 27.8. The fourth-order valence-electron chi connectivity index (χ4n) is 6.87. The number of amides is 5. The van der Waals surface area contributed by atoms with Gasteiger partial charge >= 0.3 is 17.3 Å². The molecule has 0 aliphatic heterocycles. The molecule has 20 heteroatoms. The number of hydrogen-bond donors (Lipinski definition) is 8. The summed E-state index contributed by atoms with van der Waals surface area (Å²) in [6, 6.07) is 9.93. The number of nitrogens with zero attached hydrogens (tertiary/aromatic N) is 2. The normalized spacial score (nSPS) is 14.4. The van der Waals surface area contributed by atoms with Gasteiger partial charge in [-0.3, -0.25) is 49.0 Å². The third-order valence-electron chi connectivity index (χ3n) is 9.68. The smallest absolute Gasteiger partial charge is 0.318 e. The molecule has 1 aliphatic rings. The highest BCUT2D eigenvalue weighted by Crippen LogP contribution is 2.46. The first-order valence-electron chi connectivity index (χ1n) is 18.5. The van der Waals surface area contributed by atoms with E-state index < -0.39 is 118 Å². The Hall–Kier alpha value is -6.96. The number of carboxylic acid groups (broad SMARTS) is 1. The number of carbonyl (C=O) groups excluding carboxylic acids is 5. The Morgan fingerprint density at radius 3 is 1.75 bits per heavy atom. The Bertz CT molecular complexity index is 2060. The van der Waals surface area contributed by atoms with E-state index in [9.17, 15) is 64.3 Å². The van der Waals surface area contributed by atoms with Crippen molar-refractivity contribution in [2.75, 3.05) is 0 Å². The molecule has 1 aliphatic carbocycles. The Morgan fingerprint density at radius 1 is 0.763 bits per heavy atom. The van der Waals surface area contributed by atoms with Crippen LogP contribution in [0, 0.1) is 26.1 Å². The molecular formula is C39H45N7O13. The van der Waals surface area contributed by atoms with Gasteiger partial charge in [-0.05, 0) is 53.5 Å². The van der Waals surface area contributed by atoms with E-state index in [4.69, 9.17) is 5.73 Å². The van der Waals surface area contributed by atoms with Crippen molar-refractivity contribution >= 4 is 46.9 Å². The van der Waals surface area contributed by atoms with Crippen LogP contribution in [0.2, 0.25) is 0 Å². The van der Waals surface area contributed by atoms with Crippen LogP contribution in [0.5, 0.6) is 5.75 Å². The fraction of sp³-hybridized carbons (Fsp3) is 0.385. The molecule has 9 N–H and O–H groups in total. The van der Waals surface area contributed by atoms with Crippen LogP contribution in [0.1, 0.15) is 69.1 Å². The minimum absolute atomic E-state index is 0.0972. The number of aliphatic carboxylic acids is 1. The number of nitro benzene ring substituents is 2. The molecule has 5 atom stereocenters. The van der Waals surface area contributed by atoms with Gasteiger partial charge < -0.3 is 42.3 Å². The fourth-order valence-corrected chi connectivity index (χ4v) is 6.87. The number of carboxylic acids is 1. The highest BCUT2D eigenvalue weighted by Gasteiger charge is 2.36. The van der Waals surface area contributed by atoms with Gasteiger partial charge in [0.2, 0.25) is 29.5 Å². The second kappa shape index (κ2) is 19.5. The molecule has 0 saturated carbocycles.